The molecule has 0 fully saturated rings. The van der Waals surface area contributed by atoms with E-state index in [9.17, 15) is 4.79 Å². The zero-order valence-corrected chi connectivity index (χ0v) is 11.7. The van der Waals surface area contributed by atoms with Crippen molar-refractivity contribution in [2.75, 3.05) is 12.4 Å². The van der Waals surface area contributed by atoms with Gasteiger partial charge in [-0.25, -0.2) is 4.79 Å². The summed E-state index contributed by atoms with van der Waals surface area (Å²) in [7, 11) is 1.41. The van der Waals surface area contributed by atoms with Crippen LogP contribution >= 0.6 is 0 Å². The van der Waals surface area contributed by atoms with E-state index >= 15 is 0 Å². The van der Waals surface area contributed by atoms with Crippen LogP contribution in [0.15, 0.2) is 36.4 Å². The summed E-state index contributed by atoms with van der Waals surface area (Å²) in [6.45, 7) is 1.91. The van der Waals surface area contributed by atoms with Crippen molar-refractivity contribution in [3.05, 3.63) is 53.1 Å². The van der Waals surface area contributed by atoms with Gasteiger partial charge in [-0.3, -0.25) is 0 Å². The molecule has 0 atom stereocenters. The number of ether oxygens (including phenoxy) is 1. The SMILES string of the molecule is COc1cc(Nc2ccc(C)cc2C#N)ccc1C(=O)O. The Kier molecular flexibility index (Phi) is 4.10. The fourth-order valence-corrected chi connectivity index (χ4v) is 1.96. The Morgan fingerprint density at radius 2 is 2.05 bits per heavy atom. The number of rotatable bonds is 4. The number of methoxy groups -OCH3 is 1. The fourth-order valence-electron chi connectivity index (χ4n) is 1.96. The second-order valence-corrected chi connectivity index (χ2v) is 4.51. The lowest BCUT2D eigenvalue weighted by atomic mass is 10.1. The number of benzene rings is 2. The highest BCUT2D eigenvalue weighted by Gasteiger charge is 2.12. The van der Waals surface area contributed by atoms with Gasteiger partial charge in [-0.05, 0) is 36.8 Å². The maximum atomic E-state index is 11.0. The van der Waals surface area contributed by atoms with Crippen LogP contribution in [0.3, 0.4) is 0 Å². The monoisotopic (exact) mass is 282 g/mol. The zero-order chi connectivity index (χ0) is 15.4. The smallest absolute Gasteiger partial charge is 0.339 e. The minimum absolute atomic E-state index is 0.0902. The molecule has 2 aromatic carbocycles. The molecule has 0 unspecified atom stereocenters. The van der Waals surface area contributed by atoms with E-state index in [0.717, 1.165) is 5.56 Å². The van der Waals surface area contributed by atoms with E-state index < -0.39 is 5.97 Å². The van der Waals surface area contributed by atoms with Gasteiger partial charge in [0.1, 0.15) is 17.4 Å². The molecule has 5 heteroatoms. The molecule has 0 saturated carbocycles. The molecular formula is C16H14N2O3. The third-order valence-electron chi connectivity index (χ3n) is 3.01. The molecule has 0 aliphatic carbocycles. The number of nitrogens with one attached hydrogen (secondary N) is 1. The van der Waals surface area contributed by atoms with Gasteiger partial charge in [0.15, 0.2) is 0 Å². The van der Waals surface area contributed by atoms with Crippen molar-refractivity contribution >= 4 is 17.3 Å². The lowest BCUT2D eigenvalue weighted by molar-refractivity contribution is 0.0693. The average molecular weight is 282 g/mol. The lowest BCUT2D eigenvalue weighted by Crippen LogP contribution is -2.01. The Morgan fingerprint density at radius 3 is 2.67 bits per heavy atom. The van der Waals surface area contributed by atoms with Crippen molar-refractivity contribution in [3.8, 4) is 11.8 Å². The van der Waals surface area contributed by atoms with Gasteiger partial charge < -0.3 is 15.2 Å². The zero-order valence-electron chi connectivity index (χ0n) is 11.7. The standard InChI is InChI=1S/C16H14N2O3/c1-10-3-6-14(11(7-10)9-17)18-12-4-5-13(16(19)20)15(8-12)21-2/h3-8,18H,1-2H3,(H,19,20). The van der Waals surface area contributed by atoms with Crippen molar-refractivity contribution in [1.82, 2.24) is 0 Å². The van der Waals surface area contributed by atoms with E-state index in [1.165, 1.54) is 13.2 Å². The first-order chi connectivity index (χ1) is 10.0. The maximum absolute atomic E-state index is 11.0. The molecule has 0 aliphatic heterocycles. The molecule has 0 bridgehead atoms. The van der Waals surface area contributed by atoms with Crippen LogP contribution in [-0.2, 0) is 0 Å². The number of aromatic carboxylic acids is 1. The first kappa shape index (κ1) is 14.4. The van der Waals surface area contributed by atoms with Gasteiger partial charge in [-0.2, -0.15) is 5.26 Å². The first-order valence-electron chi connectivity index (χ1n) is 6.24. The largest absolute Gasteiger partial charge is 0.496 e. The van der Waals surface area contributed by atoms with Gasteiger partial charge in [0.05, 0.1) is 18.4 Å². The van der Waals surface area contributed by atoms with Crippen molar-refractivity contribution in [1.29, 1.82) is 5.26 Å². The molecule has 0 aromatic heterocycles. The molecule has 0 saturated heterocycles. The molecule has 21 heavy (non-hydrogen) atoms. The molecule has 5 nitrogen and oxygen atoms in total. The Labute approximate surface area is 122 Å². The minimum Gasteiger partial charge on any atom is -0.496 e. The van der Waals surface area contributed by atoms with Gasteiger partial charge in [-0.1, -0.05) is 6.07 Å². The van der Waals surface area contributed by atoms with Crippen LogP contribution in [0.4, 0.5) is 11.4 Å². The number of anilines is 2. The number of hydrogen-bond donors (Lipinski definition) is 2. The van der Waals surface area contributed by atoms with E-state index in [1.54, 1.807) is 18.2 Å². The number of carbonyl (C=O) groups is 1. The average Bonchev–Trinajstić information content (AvgIpc) is 2.48. The summed E-state index contributed by atoms with van der Waals surface area (Å²) in [5, 5.41) is 21.3. The minimum atomic E-state index is -1.05. The normalized spacial score (nSPS) is 9.76. The van der Waals surface area contributed by atoms with Crippen molar-refractivity contribution < 1.29 is 14.6 Å². The third kappa shape index (κ3) is 3.12. The molecular weight excluding hydrogens is 268 g/mol. The quantitative estimate of drug-likeness (QED) is 0.898. The molecule has 2 rings (SSSR count). The van der Waals surface area contributed by atoms with Crippen molar-refractivity contribution in [3.63, 3.8) is 0 Å². The van der Waals surface area contributed by atoms with Crippen LogP contribution in [0.2, 0.25) is 0 Å². The van der Waals surface area contributed by atoms with E-state index in [-0.39, 0.29) is 11.3 Å². The third-order valence-corrected chi connectivity index (χ3v) is 3.01. The fraction of sp³-hybridized carbons (Fsp3) is 0.125. The second-order valence-electron chi connectivity index (χ2n) is 4.51. The summed E-state index contributed by atoms with van der Waals surface area (Å²) in [5.74, 6) is -0.787. The van der Waals surface area contributed by atoms with Gasteiger partial charge in [0.25, 0.3) is 0 Å². The Balaban J connectivity index is 2.37. The highest BCUT2D eigenvalue weighted by molar-refractivity contribution is 5.91. The highest BCUT2D eigenvalue weighted by atomic mass is 16.5. The summed E-state index contributed by atoms with van der Waals surface area (Å²) in [6, 6.07) is 12.3. The van der Waals surface area contributed by atoms with Crippen LogP contribution in [0.5, 0.6) is 5.75 Å². The summed E-state index contributed by atoms with van der Waals surface area (Å²) >= 11 is 0. The predicted molar refractivity (Wildman–Crippen MR) is 79.1 cm³/mol. The second kappa shape index (κ2) is 5.97. The molecule has 106 valence electrons. The van der Waals surface area contributed by atoms with Crippen LogP contribution in [0.1, 0.15) is 21.5 Å². The van der Waals surface area contributed by atoms with Crippen LogP contribution < -0.4 is 10.1 Å². The van der Waals surface area contributed by atoms with E-state index in [4.69, 9.17) is 15.1 Å². The van der Waals surface area contributed by atoms with Gasteiger partial charge in [0, 0.05) is 11.8 Å². The van der Waals surface area contributed by atoms with Gasteiger partial charge >= 0.3 is 5.97 Å². The Morgan fingerprint density at radius 1 is 1.29 bits per heavy atom. The molecule has 0 aliphatic rings. The number of nitriles is 1. The lowest BCUT2D eigenvalue weighted by Gasteiger charge is -2.11. The number of hydrogen-bond acceptors (Lipinski definition) is 4. The highest BCUT2D eigenvalue weighted by Crippen LogP contribution is 2.27. The number of aryl methyl sites for hydroxylation is 1. The van der Waals surface area contributed by atoms with Crippen molar-refractivity contribution in [2.24, 2.45) is 0 Å². The van der Waals surface area contributed by atoms with Crippen LogP contribution in [0.25, 0.3) is 0 Å². The predicted octanol–water partition coefficient (Wildman–Crippen LogP) is 3.32. The molecule has 0 amide bonds. The Bertz CT molecular complexity index is 733. The summed E-state index contributed by atoms with van der Waals surface area (Å²) in [6.07, 6.45) is 0. The van der Waals surface area contributed by atoms with Crippen LogP contribution in [-0.4, -0.2) is 18.2 Å². The number of nitrogens with zero attached hydrogens (tertiary/aromatic N) is 1. The molecule has 0 spiro atoms. The van der Waals surface area contributed by atoms with Crippen molar-refractivity contribution in [2.45, 2.75) is 6.92 Å². The number of carboxylic acids is 1. The number of carboxylic acid groups (broad SMARTS) is 1. The summed E-state index contributed by atoms with van der Waals surface area (Å²) in [5.41, 5.74) is 2.92. The molecule has 0 heterocycles. The van der Waals surface area contributed by atoms with Crippen LogP contribution in [0, 0.1) is 18.3 Å². The molecule has 0 radical (unpaired) electrons. The molecule has 2 N–H and O–H groups in total. The van der Waals surface area contributed by atoms with E-state index in [0.29, 0.717) is 16.9 Å². The van der Waals surface area contributed by atoms with E-state index in [2.05, 4.69) is 11.4 Å². The van der Waals surface area contributed by atoms with E-state index in [1.807, 2.05) is 19.1 Å². The summed E-state index contributed by atoms with van der Waals surface area (Å²) < 4.78 is 5.07. The first-order valence-corrected chi connectivity index (χ1v) is 6.24. The summed E-state index contributed by atoms with van der Waals surface area (Å²) in [4.78, 5) is 11.0. The molecule has 2 aromatic rings. The maximum Gasteiger partial charge on any atom is 0.339 e. The van der Waals surface area contributed by atoms with Gasteiger partial charge in [-0.15, -0.1) is 0 Å². The Hall–Kier alpha value is -3.00. The van der Waals surface area contributed by atoms with Gasteiger partial charge in [0.2, 0.25) is 0 Å². The topological polar surface area (TPSA) is 82.3 Å².